The Hall–Kier alpha value is -3.03. The summed E-state index contributed by atoms with van der Waals surface area (Å²) >= 11 is 0. The molecule has 0 bridgehead atoms. The van der Waals surface area contributed by atoms with E-state index < -0.39 is 17.4 Å². The van der Waals surface area contributed by atoms with Crippen LogP contribution in [0.3, 0.4) is 0 Å². The molecule has 0 saturated heterocycles. The molecule has 1 aromatic carbocycles. The third-order valence-electron chi connectivity index (χ3n) is 2.67. The summed E-state index contributed by atoms with van der Waals surface area (Å²) in [5, 5.41) is 21.6. The van der Waals surface area contributed by atoms with Crippen LogP contribution >= 0.6 is 0 Å². The lowest BCUT2D eigenvalue weighted by molar-refractivity contribution is -0.114. The van der Waals surface area contributed by atoms with Gasteiger partial charge in [-0.2, -0.15) is 0 Å². The van der Waals surface area contributed by atoms with Gasteiger partial charge < -0.3 is 10.5 Å². The Morgan fingerprint density at radius 3 is 2.71 bits per heavy atom. The number of aryl methyl sites for hydroxylation is 1. The van der Waals surface area contributed by atoms with E-state index in [9.17, 15) is 9.59 Å². The number of hydrogen-bond donors (Lipinski definition) is 2. The van der Waals surface area contributed by atoms with E-state index in [-0.39, 0.29) is 0 Å². The predicted octanol–water partition coefficient (Wildman–Crippen LogP) is 0.840. The van der Waals surface area contributed by atoms with Gasteiger partial charge in [-0.15, -0.1) is 5.10 Å². The second-order valence-electron chi connectivity index (χ2n) is 4.32. The van der Waals surface area contributed by atoms with Crippen LogP contribution in [0.1, 0.15) is 6.92 Å². The number of benzene rings is 1. The standard InChI is InChI=1S/C13H13N5O3/c1-8(19)12(16-21)13(20)14-10-5-3-4-9(6-10)11-7-18(2)17-15-11/h3-7,21H,1-2H3,(H,14,20)/b16-12-. The number of hydrogen-bond acceptors (Lipinski definition) is 6. The molecule has 108 valence electrons. The molecule has 1 heterocycles. The number of carbonyl (C=O) groups is 2. The van der Waals surface area contributed by atoms with Gasteiger partial charge in [-0.3, -0.25) is 14.3 Å². The molecule has 0 aliphatic rings. The smallest absolute Gasteiger partial charge is 0.281 e. The van der Waals surface area contributed by atoms with Crippen LogP contribution in [0, 0.1) is 0 Å². The molecule has 0 fully saturated rings. The molecule has 0 atom stereocenters. The molecular weight excluding hydrogens is 274 g/mol. The molecule has 21 heavy (non-hydrogen) atoms. The van der Waals surface area contributed by atoms with Gasteiger partial charge in [0.1, 0.15) is 5.69 Å². The number of amides is 1. The number of oxime groups is 1. The summed E-state index contributed by atoms with van der Waals surface area (Å²) in [4.78, 5) is 22.9. The van der Waals surface area contributed by atoms with E-state index in [0.717, 1.165) is 12.5 Å². The quantitative estimate of drug-likeness (QED) is 0.375. The summed E-state index contributed by atoms with van der Waals surface area (Å²) < 4.78 is 1.56. The first-order valence-electron chi connectivity index (χ1n) is 6.02. The third-order valence-corrected chi connectivity index (χ3v) is 2.67. The highest BCUT2D eigenvalue weighted by Gasteiger charge is 2.17. The van der Waals surface area contributed by atoms with Crippen LogP contribution in [0.15, 0.2) is 35.6 Å². The minimum Gasteiger partial charge on any atom is -0.410 e. The second-order valence-corrected chi connectivity index (χ2v) is 4.32. The lowest BCUT2D eigenvalue weighted by Gasteiger charge is -2.05. The van der Waals surface area contributed by atoms with Gasteiger partial charge in [0.05, 0.1) is 6.20 Å². The molecule has 0 saturated carbocycles. The van der Waals surface area contributed by atoms with Crippen molar-refractivity contribution in [3.05, 3.63) is 30.5 Å². The summed E-state index contributed by atoms with van der Waals surface area (Å²) in [6.45, 7) is 1.14. The Morgan fingerprint density at radius 2 is 2.14 bits per heavy atom. The van der Waals surface area contributed by atoms with Crippen molar-refractivity contribution >= 4 is 23.1 Å². The molecule has 0 aliphatic heterocycles. The predicted molar refractivity (Wildman–Crippen MR) is 75.0 cm³/mol. The molecule has 2 aromatic rings. The monoisotopic (exact) mass is 287 g/mol. The van der Waals surface area contributed by atoms with E-state index >= 15 is 0 Å². The number of nitrogens with one attached hydrogen (secondary N) is 1. The molecule has 2 rings (SSSR count). The van der Waals surface area contributed by atoms with Gasteiger partial charge in [-0.05, 0) is 12.1 Å². The van der Waals surface area contributed by atoms with Crippen molar-refractivity contribution in [2.45, 2.75) is 6.92 Å². The summed E-state index contributed by atoms with van der Waals surface area (Å²) in [5.74, 6) is -1.40. The van der Waals surface area contributed by atoms with Crippen LogP contribution < -0.4 is 5.32 Å². The zero-order chi connectivity index (χ0) is 15.4. The van der Waals surface area contributed by atoms with Gasteiger partial charge in [0.2, 0.25) is 5.71 Å². The minimum atomic E-state index is -0.777. The average molecular weight is 287 g/mol. The SMILES string of the molecule is CC(=O)/C(=N/O)C(=O)Nc1cccc(-c2cn(C)nn2)c1. The molecule has 1 aromatic heterocycles. The van der Waals surface area contributed by atoms with E-state index in [1.165, 1.54) is 0 Å². The zero-order valence-corrected chi connectivity index (χ0v) is 11.4. The highest BCUT2D eigenvalue weighted by molar-refractivity contribution is 6.67. The van der Waals surface area contributed by atoms with Gasteiger partial charge in [0.15, 0.2) is 5.78 Å². The van der Waals surface area contributed by atoms with Crippen molar-refractivity contribution in [1.82, 2.24) is 15.0 Å². The number of Topliss-reactive ketones (excluding diaryl/α,β-unsaturated/α-hetero) is 1. The van der Waals surface area contributed by atoms with Crippen LogP contribution in [0.5, 0.6) is 0 Å². The number of aromatic nitrogens is 3. The molecular formula is C13H13N5O3. The first kappa shape index (κ1) is 14.4. The molecule has 1 amide bonds. The van der Waals surface area contributed by atoms with Gasteiger partial charge >= 0.3 is 0 Å². The number of nitrogens with zero attached hydrogens (tertiary/aromatic N) is 4. The van der Waals surface area contributed by atoms with E-state index in [1.807, 2.05) is 6.07 Å². The van der Waals surface area contributed by atoms with E-state index in [1.54, 1.807) is 36.1 Å². The van der Waals surface area contributed by atoms with E-state index in [2.05, 4.69) is 20.8 Å². The zero-order valence-electron chi connectivity index (χ0n) is 11.4. The minimum absolute atomic E-state index is 0.450. The van der Waals surface area contributed by atoms with Crippen molar-refractivity contribution in [3.63, 3.8) is 0 Å². The Bertz CT molecular complexity index is 720. The van der Waals surface area contributed by atoms with Gasteiger partial charge in [-0.25, -0.2) is 0 Å². The van der Waals surface area contributed by atoms with Crippen molar-refractivity contribution < 1.29 is 14.8 Å². The van der Waals surface area contributed by atoms with Crippen molar-refractivity contribution in [2.24, 2.45) is 12.2 Å². The van der Waals surface area contributed by atoms with Crippen molar-refractivity contribution in [3.8, 4) is 11.3 Å². The number of rotatable bonds is 4. The fourth-order valence-corrected chi connectivity index (χ4v) is 1.70. The molecule has 0 radical (unpaired) electrons. The topological polar surface area (TPSA) is 109 Å². The normalized spacial score (nSPS) is 11.2. The maximum atomic E-state index is 11.8. The molecule has 8 nitrogen and oxygen atoms in total. The Kier molecular flexibility index (Phi) is 4.07. The molecule has 8 heteroatoms. The molecule has 0 spiro atoms. The number of anilines is 1. The molecule has 0 unspecified atom stereocenters. The second kappa shape index (κ2) is 5.95. The van der Waals surface area contributed by atoms with Crippen molar-refractivity contribution in [1.29, 1.82) is 0 Å². The first-order valence-corrected chi connectivity index (χ1v) is 6.02. The number of ketones is 1. The average Bonchev–Trinajstić information content (AvgIpc) is 2.86. The van der Waals surface area contributed by atoms with Gasteiger partial charge in [0, 0.05) is 25.2 Å². The van der Waals surface area contributed by atoms with Crippen LogP contribution in [0.2, 0.25) is 0 Å². The van der Waals surface area contributed by atoms with Crippen LogP contribution in [-0.2, 0) is 16.6 Å². The highest BCUT2D eigenvalue weighted by Crippen LogP contribution is 2.20. The largest absolute Gasteiger partial charge is 0.410 e. The first-order chi connectivity index (χ1) is 10.0. The lowest BCUT2D eigenvalue weighted by Crippen LogP contribution is -2.28. The van der Waals surface area contributed by atoms with E-state index in [0.29, 0.717) is 11.4 Å². The third kappa shape index (κ3) is 3.30. The maximum Gasteiger partial charge on any atom is 0.281 e. The van der Waals surface area contributed by atoms with Crippen LogP contribution in [0.4, 0.5) is 5.69 Å². The summed E-state index contributed by atoms with van der Waals surface area (Å²) in [7, 11) is 1.75. The summed E-state index contributed by atoms with van der Waals surface area (Å²) in [6, 6.07) is 6.86. The molecule has 0 aliphatic carbocycles. The van der Waals surface area contributed by atoms with Gasteiger partial charge in [-0.1, -0.05) is 22.5 Å². The fraction of sp³-hybridized carbons (Fsp3) is 0.154. The fourth-order valence-electron chi connectivity index (χ4n) is 1.70. The van der Waals surface area contributed by atoms with E-state index in [4.69, 9.17) is 5.21 Å². The Morgan fingerprint density at radius 1 is 1.38 bits per heavy atom. The lowest BCUT2D eigenvalue weighted by atomic mass is 10.1. The van der Waals surface area contributed by atoms with Gasteiger partial charge in [0.25, 0.3) is 5.91 Å². The highest BCUT2D eigenvalue weighted by atomic mass is 16.4. The summed E-state index contributed by atoms with van der Waals surface area (Å²) in [6.07, 6.45) is 1.73. The summed E-state index contributed by atoms with van der Waals surface area (Å²) in [5.41, 5.74) is 1.30. The Balaban J connectivity index is 2.22. The van der Waals surface area contributed by atoms with Crippen LogP contribution in [-0.4, -0.2) is 37.6 Å². The Labute approximate surface area is 120 Å². The maximum absolute atomic E-state index is 11.8. The molecule has 2 N–H and O–H groups in total. The number of carbonyl (C=O) groups excluding carboxylic acids is 2. The van der Waals surface area contributed by atoms with Crippen LogP contribution in [0.25, 0.3) is 11.3 Å². The van der Waals surface area contributed by atoms with Crippen molar-refractivity contribution in [2.75, 3.05) is 5.32 Å².